The van der Waals surface area contributed by atoms with Gasteiger partial charge in [0.1, 0.15) is 12.4 Å². The second-order valence-electron chi connectivity index (χ2n) is 6.33. The summed E-state index contributed by atoms with van der Waals surface area (Å²) in [5.41, 5.74) is 3.24. The molecule has 1 fully saturated rings. The number of amides is 3. The Morgan fingerprint density at radius 2 is 2.18 bits per heavy atom. The maximum absolute atomic E-state index is 13.9. The highest BCUT2D eigenvalue weighted by Crippen LogP contribution is 2.28. The molecular formula is C17H17ClFN5O4. The molecule has 2 aromatic rings. The van der Waals surface area contributed by atoms with Crippen LogP contribution in [-0.2, 0) is 27.5 Å². The zero-order chi connectivity index (χ0) is 20.5. The fraction of sp³-hybridized carbons (Fsp3) is 0.294. The standard InChI is InChI=1S/C17H17ClFN5O4/c18-12-3-1-2-10(14(12)19)6-21-15(26)17(28)4-5-24(16(17)27)11-7-22-23(8-11)9-13(20)25/h1-3,7-8,28H,4-6,9H2,(H2,20,25)(H,21,26)/t17-/m0/s1. The van der Waals surface area contributed by atoms with Crippen molar-refractivity contribution in [1.82, 2.24) is 15.1 Å². The fourth-order valence-corrected chi connectivity index (χ4v) is 3.10. The van der Waals surface area contributed by atoms with E-state index in [0.717, 1.165) is 0 Å². The highest BCUT2D eigenvalue weighted by atomic mass is 35.5. The van der Waals surface area contributed by atoms with Crippen LogP contribution in [0.3, 0.4) is 0 Å². The quantitative estimate of drug-likeness (QED) is 0.575. The van der Waals surface area contributed by atoms with Gasteiger partial charge in [-0.05, 0) is 6.07 Å². The van der Waals surface area contributed by atoms with Crippen molar-refractivity contribution >= 4 is 35.0 Å². The molecule has 1 saturated heterocycles. The first-order valence-electron chi connectivity index (χ1n) is 8.28. The summed E-state index contributed by atoms with van der Waals surface area (Å²) in [5, 5.41) is 16.8. The Bertz CT molecular complexity index is 949. The Kier molecular flexibility index (Phi) is 5.34. The molecule has 1 aromatic heterocycles. The molecule has 0 bridgehead atoms. The molecule has 28 heavy (non-hydrogen) atoms. The first-order chi connectivity index (χ1) is 13.2. The van der Waals surface area contributed by atoms with E-state index in [9.17, 15) is 23.9 Å². The Morgan fingerprint density at radius 3 is 2.89 bits per heavy atom. The van der Waals surface area contributed by atoms with E-state index in [1.54, 1.807) is 0 Å². The summed E-state index contributed by atoms with van der Waals surface area (Å²) in [6.45, 7) is -0.341. The molecule has 1 aliphatic rings. The smallest absolute Gasteiger partial charge is 0.268 e. The van der Waals surface area contributed by atoms with Crippen molar-refractivity contribution < 1.29 is 23.9 Å². The van der Waals surface area contributed by atoms with Gasteiger partial charge in [-0.25, -0.2) is 4.39 Å². The molecule has 0 unspecified atom stereocenters. The van der Waals surface area contributed by atoms with E-state index in [4.69, 9.17) is 17.3 Å². The molecule has 9 nitrogen and oxygen atoms in total. The van der Waals surface area contributed by atoms with E-state index >= 15 is 0 Å². The maximum atomic E-state index is 13.9. The average molecular weight is 410 g/mol. The van der Waals surface area contributed by atoms with Crippen LogP contribution in [0.15, 0.2) is 30.6 Å². The third-order valence-electron chi connectivity index (χ3n) is 4.39. The average Bonchev–Trinajstić information content (AvgIpc) is 3.21. The number of nitrogens with two attached hydrogens (primary N) is 1. The molecule has 3 amide bonds. The molecule has 4 N–H and O–H groups in total. The normalized spacial score (nSPS) is 19.1. The van der Waals surface area contributed by atoms with Crippen LogP contribution in [0, 0.1) is 5.82 Å². The SMILES string of the molecule is NC(=O)Cn1cc(N2CC[C@](O)(C(=O)NCc3cccc(Cl)c3F)C2=O)cn1. The Balaban J connectivity index is 1.69. The van der Waals surface area contributed by atoms with E-state index in [0.29, 0.717) is 5.69 Å². The van der Waals surface area contributed by atoms with Crippen LogP contribution in [0.1, 0.15) is 12.0 Å². The fourth-order valence-electron chi connectivity index (χ4n) is 2.91. The summed E-state index contributed by atoms with van der Waals surface area (Å²) < 4.78 is 15.2. The zero-order valence-electron chi connectivity index (χ0n) is 14.6. The lowest BCUT2D eigenvalue weighted by Crippen LogP contribution is -2.52. The largest absolute Gasteiger partial charge is 0.372 e. The molecule has 0 saturated carbocycles. The van der Waals surface area contributed by atoms with Gasteiger partial charge in [-0.3, -0.25) is 19.1 Å². The number of benzene rings is 1. The number of halogens is 2. The summed E-state index contributed by atoms with van der Waals surface area (Å²) >= 11 is 5.69. The van der Waals surface area contributed by atoms with Crippen molar-refractivity contribution in [3.8, 4) is 0 Å². The summed E-state index contributed by atoms with van der Waals surface area (Å²) in [6.07, 6.45) is 2.58. The molecule has 0 aliphatic carbocycles. The molecular weight excluding hydrogens is 393 g/mol. The molecule has 148 valence electrons. The van der Waals surface area contributed by atoms with Gasteiger partial charge in [-0.15, -0.1) is 0 Å². The van der Waals surface area contributed by atoms with Crippen LogP contribution in [0.4, 0.5) is 10.1 Å². The minimum atomic E-state index is -2.29. The lowest BCUT2D eigenvalue weighted by Gasteiger charge is -2.21. The number of aromatic nitrogens is 2. The number of hydrogen-bond acceptors (Lipinski definition) is 5. The number of nitrogens with zero attached hydrogens (tertiary/aromatic N) is 3. The Labute approximate surface area is 163 Å². The number of rotatable bonds is 6. The topological polar surface area (TPSA) is 131 Å². The van der Waals surface area contributed by atoms with Crippen molar-refractivity contribution in [3.05, 3.63) is 47.0 Å². The van der Waals surface area contributed by atoms with Gasteiger partial charge in [0.2, 0.25) is 11.5 Å². The molecule has 3 rings (SSSR count). The van der Waals surface area contributed by atoms with Gasteiger partial charge in [0, 0.05) is 31.3 Å². The number of hydrogen-bond donors (Lipinski definition) is 3. The van der Waals surface area contributed by atoms with E-state index in [1.807, 2.05) is 0 Å². The molecule has 11 heteroatoms. The zero-order valence-corrected chi connectivity index (χ0v) is 15.3. The third-order valence-corrected chi connectivity index (χ3v) is 4.68. The number of primary amides is 1. The summed E-state index contributed by atoms with van der Waals surface area (Å²) in [4.78, 5) is 37.2. The van der Waals surface area contributed by atoms with E-state index < -0.39 is 29.1 Å². The van der Waals surface area contributed by atoms with Crippen molar-refractivity contribution in [3.63, 3.8) is 0 Å². The van der Waals surface area contributed by atoms with Crippen molar-refractivity contribution in [2.24, 2.45) is 5.73 Å². The predicted molar refractivity (Wildman–Crippen MR) is 96.6 cm³/mol. The summed E-state index contributed by atoms with van der Waals surface area (Å²) in [7, 11) is 0. The monoisotopic (exact) mass is 409 g/mol. The van der Waals surface area contributed by atoms with Gasteiger partial charge in [0.15, 0.2) is 0 Å². The van der Waals surface area contributed by atoms with Crippen LogP contribution in [0.5, 0.6) is 0 Å². The first-order valence-corrected chi connectivity index (χ1v) is 8.66. The minimum Gasteiger partial charge on any atom is -0.372 e. The van der Waals surface area contributed by atoms with Gasteiger partial charge in [0.05, 0.1) is 16.9 Å². The van der Waals surface area contributed by atoms with Gasteiger partial charge in [-0.2, -0.15) is 5.10 Å². The number of aliphatic hydroxyl groups is 1. The highest BCUT2D eigenvalue weighted by molar-refractivity contribution is 6.30. The third kappa shape index (κ3) is 3.69. The predicted octanol–water partition coefficient (Wildman–Crippen LogP) is -0.0549. The Morgan fingerprint density at radius 1 is 1.43 bits per heavy atom. The van der Waals surface area contributed by atoms with E-state index in [1.165, 1.54) is 40.2 Å². The molecule has 1 aromatic carbocycles. The number of anilines is 1. The molecule has 0 spiro atoms. The maximum Gasteiger partial charge on any atom is 0.268 e. The van der Waals surface area contributed by atoms with Crippen molar-refractivity contribution in [2.75, 3.05) is 11.4 Å². The van der Waals surface area contributed by atoms with Crippen LogP contribution in [0.2, 0.25) is 5.02 Å². The van der Waals surface area contributed by atoms with Crippen LogP contribution in [0.25, 0.3) is 0 Å². The van der Waals surface area contributed by atoms with Crippen molar-refractivity contribution in [2.45, 2.75) is 25.1 Å². The van der Waals surface area contributed by atoms with Crippen molar-refractivity contribution in [1.29, 1.82) is 0 Å². The Hall–Kier alpha value is -2.98. The minimum absolute atomic E-state index is 0.0660. The molecule has 2 heterocycles. The number of carbonyl (C=O) groups is 3. The van der Waals surface area contributed by atoms with Gasteiger partial charge >= 0.3 is 0 Å². The first kappa shape index (κ1) is 19.8. The molecule has 1 aliphatic heterocycles. The van der Waals surface area contributed by atoms with E-state index in [-0.39, 0.29) is 36.6 Å². The van der Waals surface area contributed by atoms with Crippen LogP contribution < -0.4 is 16.0 Å². The molecule has 0 radical (unpaired) electrons. The highest BCUT2D eigenvalue weighted by Gasteiger charge is 2.51. The van der Waals surface area contributed by atoms with Gasteiger partial charge < -0.3 is 21.1 Å². The lowest BCUT2D eigenvalue weighted by molar-refractivity contribution is -0.149. The van der Waals surface area contributed by atoms with E-state index in [2.05, 4.69) is 10.4 Å². The van der Waals surface area contributed by atoms with Gasteiger partial charge in [-0.1, -0.05) is 23.7 Å². The second kappa shape index (κ2) is 7.56. The van der Waals surface area contributed by atoms with Crippen LogP contribution >= 0.6 is 11.6 Å². The molecule has 1 atom stereocenters. The van der Waals surface area contributed by atoms with Gasteiger partial charge in [0.25, 0.3) is 11.8 Å². The summed E-state index contributed by atoms with van der Waals surface area (Å²) in [6, 6.07) is 4.32. The number of nitrogens with one attached hydrogen (secondary N) is 1. The second-order valence-corrected chi connectivity index (χ2v) is 6.73. The number of carbonyl (C=O) groups excluding carboxylic acids is 3. The van der Waals surface area contributed by atoms with Crippen LogP contribution in [-0.4, -0.2) is 44.8 Å². The lowest BCUT2D eigenvalue weighted by atomic mass is 10.0. The summed E-state index contributed by atoms with van der Waals surface area (Å²) in [5.74, 6) is -3.07.